The van der Waals surface area contributed by atoms with Gasteiger partial charge in [-0.05, 0) is 24.8 Å². The Hall–Kier alpha value is -2.18. The molecule has 2 heterocycles. The van der Waals surface area contributed by atoms with Crippen LogP contribution < -0.4 is 0 Å². The van der Waals surface area contributed by atoms with Gasteiger partial charge in [0.15, 0.2) is 11.5 Å². The number of methoxy groups -OCH3 is 1. The first-order valence-electron chi connectivity index (χ1n) is 8.10. The van der Waals surface area contributed by atoms with Gasteiger partial charge >= 0.3 is 0 Å². The summed E-state index contributed by atoms with van der Waals surface area (Å²) in [5.41, 5.74) is 0.778. The van der Waals surface area contributed by atoms with Crippen LogP contribution in [0.15, 0.2) is 40.9 Å². The van der Waals surface area contributed by atoms with Gasteiger partial charge in [-0.3, -0.25) is 4.79 Å². The van der Waals surface area contributed by atoms with E-state index < -0.39 is 5.54 Å². The Labute approximate surface area is 141 Å². The van der Waals surface area contributed by atoms with Crippen molar-refractivity contribution in [3.63, 3.8) is 0 Å². The van der Waals surface area contributed by atoms with Gasteiger partial charge < -0.3 is 19.3 Å². The summed E-state index contributed by atoms with van der Waals surface area (Å²) < 4.78 is 10.1. The number of benzene rings is 1. The number of hydrogen-bond acceptors (Lipinski definition) is 5. The number of hydrogen-bond donors (Lipinski definition) is 1. The minimum absolute atomic E-state index is 0.0730. The lowest BCUT2D eigenvalue weighted by Crippen LogP contribution is -2.51. The third kappa shape index (κ3) is 3.20. The van der Waals surface area contributed by atoms with E-state index in [1.54, 1.807) is 18.1 Å². The maximum Gasteiger partial charge on any atom is 0.276 e. The summed E-state index contributed by atoms with van der Waals surface area (Å²) in [7, 11) is 1.56. The van der Waals surface area contributed by atoms with Crippen LogP contribution in [0.2, 0.25) is 0 Å². The second-order valence-corrected chi connectivity index (χ2v) is 6.22. The molecule has 6 heteroatoms. The number of aliphatic hydroxyl groups excluding tert-OH is 1. The molecule has 0 radical (unpaired) electrons. The number of rotatable bonds is 6. The van der Waals surface area contributed by atoms with Gasteiger partial charge in [0.2, 0.25) is 0 Å². The molecule has 1 aromatic carbocycles. The number of amides is 1. The van der Waals surface area contributed by atoms with Crippen molar-refractivity contribution in [2.24, 2.45) is 0 Å². The van der Waals surface area contributed by atoms with Crippen LogP contribution >= 0.6 is 0 Å². The zero-order chi connectivity index (χ0) is 17.0. The van der Waals surface area contributed by atoms with Crippen molar-refractivity contribution in [2.75, 3.05) is 20.3 Å². The van der Waals surface area contributed by atoms with Gasteiger partial charge in [-0.15, -0.1) is 0 Å². The van der Waals surface area contributed by atoms with Gasteiger partial charge in [-0.2, -0.15) is 0 Å². The third-order valence-electron chi connectivity index (χ3n) is 4.58. The van der Waals surface area contributed by atoms with E-state index in [2.05, 4.69) is 5.16 Å². The van der Waals surface area contributed by atoms with E-state index in [9.17, 15) is 9.90 Å². The van der Waals surface area contributed by atoms with Gasteiger partial charge in [0.25, 0.3) is 5.91 Å². The Morgan fingerprint density at radius 3 is 2.92 bits per heavy atom. The molecule has 0 saturated carbocycles. The smallest absolute Gasteiger partial charge is 0.276 e. The molecule has 6 nitrogen and oxygen atoms in total. The second kappa shape index (κ2) is 7.15. The Morgan fingerprint density at radius 1 is 1.42 bits per heavy atom. The number of likely N-dealkylation sites (tertiary alicyclic amines) is 1. The molecule has 2 aromatic rings. The Balaban J connectivity index is 1.83. The number of aliphatic hydroxyl groups is 1. The topological polar surface area (TPSA) is 75.8 Å². The minimum Gasteiger partial charge on any atom is -0.394 e. The van der Waals surface area contributed by atoms with Crippen molar-refractivity contribution in [3.05, 3.63) is 53.4 Å². The zero-order valence-electron chi connectivity index (χ0n) is 13.8. The summed E-state index contributed by atoms with van der Waals surface area (Å²) in [4.78, 5) is 14.6. The lowest BCUT2D eigenvalue weighted by molar-refractivity contribution is 0.0403. The van der Waals surface area contributed by atoms with Crippen LogP contribution in [-0.2, 0) is 17.8 Å². The normalized spacial score (nSPS) is 20.5. The van der Waals surface area contributed by atoms with Gasteiger partial charge in [0.05, 0.1) is 12.1 Å². The van der Waals surface area contributed by atoms with E-state index >= 15 is 0 Å². The maximum absolute atomic E-state index is 12.9. The lowest BCUT2D eigenvalue weighted by Gasteiger charge is -2.37. The maximum atomic E-state index is 12.9. The fraction of sp³-hybridized carbons (Fsp3) is 0.444. The number of carbonyl (C=O) groups is 1. The predicted molar refractivity (Wildman–Crippen MR) is 87.4 cm³/mol. The van der Waals surface area contributed by atoms with E-state index in [0.29, 0.717) is 18.7 Å². The number of nitrogens with zero attached hydrogens (tertiary/aromatic N) is 2. The van der Waals surface area contributed by atoms with Crippen LogP contribution in [-0.4, -0.2) is 46.9 Å². The van der Waals surface area contributed by atoms with Crippen LogP contribution in [0.4, 0.5) is 0 Å². The molecule has 0 bridgehead atoms. The molecule has 1 aliphatic heterocycles. The highest BCUT2D eigenvalue weighted by molar-refractivity contribution is 5.93. The van der Waals surface area contributed by atoms with Crippen molar-refractivity contribution in [1.29, 1.82) is 0 Å². The van der Waals surface area contributed by atoms with Crippen molar-refractivity contribution in [1.82, 2.24) is 10.1 Å². The standard InChI is InChI=1S/C18H22N2O4/c1-23-12-15-10-16(19-24-15)17(22)20-9-5-8-18(20,13-21)11-14-6-3-2-4-7-14/h2-4,6-7,10,21H,5,8-9,11-13H2,1H3. The quantitative estimate of drug-likeness (QED) is 0.877. The fourth-order valence-corrected chi connectivity index (χ4v) is 3.40. The molecule has 1 aliphatic rings. The Morgan fingerprint density at radius 2 is 2.21 bits per heavy atom. The average Bonchev–Trinajstić information content (AvgIpc) is 3.23. The highest BCUT2D eigenvalue weighted by atomic mass is 16.5. The summed E-state index contributed by atoms with van der Waals surface area (Å²) >= 11 is 0. The summed E-state index contributed by atoms with van der Waals surface area (Å²) in [5, 5.41) is 13.9. The van der Waals surface area contributed by atoms with Gasteiger partial charge in [-0.1, -0.05) is 35.5 Å². The van der Waals surface area contributed by atoms with Gasteiger partial charge in [0, 0.05) is 19.7 Å². The SMILES string of the molecule is COCc1cc(C(=O)N2CCCC2(CO)Cc2ccccc2)no1. The van der Waals surface area contributed by atoms with Gasteiger partial charge in [0.1, 0.15) is 6.61 Å². The number of aromatic nitrogens is 1. The molecule has 1 atom stereocenters. The summed E-state index contributed by atoms with van der Waals surface area (Å²) in [5.74, 6) is 0.307. The molecular weight excluding hydrogens is 308 g/mol. The molecule has 3 rings (SSSR count). The molecule has 1 unspecified atom stereocenters. The first kappa shape index (κ1) is 16.7. The van der Waals surface area contributed by atoms with E-state index in [1.807, 2.05) is 30.3 Å². The molecule has 0 aliphatic carbocycles. The average molecular weight is 330 g/mol. The molecule has 1 aromatic heterocycles. The molecule has 0 spiro atoms. The Kier molecular flexibility index (Phi) is 4.97. The Bertz CT molecular complexity index is 685. The third-order valence-corrected chi connectivity index (χ3v) is 4.58. The number of carbonyl (C=O) groups excluding carboxylic acids is 1. The first-order chi connectivity index (χ1) is 11.7. The highest BCUT2D eigenvalue weighted by Gasteiger charge is 2.44. The van der Waals surface area contributed by atoms with E-state index in [1.165, 1.54) is 0 Å². The van der Waals surface area contributed by atoms with Crippen molar-refractivity contribution in [3.8, 4) is 0 Å². The van der Waals surface area contributed by atoms with E-state index in [0.717, 1.165) is 18.4 Å². The molecule has 1 fully saturated rings. The molecule has 1 amide bonds. The summed E-state index contributed by atoms with van der Waals surface area (Å²) in [6.45, 7) is 0.810. The van der Waals surface area contributed by atoms with Crippen molar-refractivity contribution >= 4 is 5.91 Å². The molecule has 24 heavy (non-hydrogen) atoms. The van der Waals surface area contributed by atoms with E-state index in [4.69, 9.17) is 9.26 Å². The van der Waals surface area contributed by atoms with E-state index in [-0.39, 0.29) is 24.8 Å². The van der Waals surface area contributed by atoms with Crippen LogP contribution in [0.5, 0.6) is 0 Å². The number of ether oxygens (including phenoxy) is 1. The summed E-state index contributed by atoms with van der Waals surface area (Å²) in [6, 6.07) is 11.5. The van der Waals surface area contributed by atoms with Crippen LogP contribution in [0.25, 0.3) is 0 Å². The van der Waals surface area contributed by atoms with Crippen LogP contribution in [0.3, 0.4) is 0 Å². The largest absolute Gasteiger partial charge is 0.394 e. The van der Waals surface area contributed by atoms with Crippen molar-refractivity contribution in [2.45, 2.75) is 31.4 Å². The van der Waals surface area contributed by atoms with Gasteiger partial charge in [-0.25, -0.2) is 0 Å². The zero-order valence-corrected chi connectivity index (χ0v) is 13.8. The van der Waals surface area contributed by atoms with Crippen LogP contribution in [0, 0.1) is 0 Å². The second-order valence-electron chi connectivity index (χ2n) is 6.22. The summed E-state index contributed by atoms with van der Waals surface area (Å²) in [6.07, 6.45) is 2.26. The first-order valence-corrected chi connectivity index (χ1v) is 8.10. The molecule has 1 saturated heterocycles. The molecule has 1 N–H and O–H groups in total. The highest BCUT2D eigenvalue weighted by Crippen LogP contribution is 2.33. The monoisotopic (exact) mass is 330 g/mol. The van der Waals surface area contributed by atoms with Crippen molar-refractivity contribution < 1.29 is 19.2 Å². The fourth-order valence-electron chi connectivity index (χ4n) is 3.40. The molecular formula is C18H22N2O4. The molecule has 128 valence electrons. The predicted octanol–water partition coefficient (Wildman–Crippen LogP) is 2.03. The van der Waals surface area contributed by atoms with Crippen LogP contribution in [0.1, 0.15) is 34.7 Å². The lowest BCUT2D eigenvalue weighted by atomic mass is 9.88. The minimum atomic E-state index is -0.585.